The van der Waals surface area contributed by atoms with Gasteiger partial charge in [-0.25, -0.2) is 0 Å². The number of aromatic nitrogens is 2. The first kappa shape index (κ1) is 14.3. The van der Waals surface area contributed by atoms with Gasteiger partial charge in [-0.1, -0.05) is 13.8 Å². The summed E-state index contributed by atoms with van der Waals surface area (Å²) in [4.78, 5) is 0. The van der Waals surface area contributed by atoms with Crippen LogP contribution in [0.15, 0.2) is 12.1 Å². The fourth-order valence-electron chi connectivity index (χ4n) is 2.70. The molecule has 0 radical (unpaired) electrons. The molecule has 0 unspecified atom stereocenters. The molecule has 106 valence electrons. The first-order chi connectivity index (χ1) is 9.17. The van der Waals surface area contributed by atoms with Crippen molar-refractivity contribution in [2.45, 2.75) is 58.0 Å². The van der Waals surface area contributed by atoms with E-state index in [0.29, 0.717) is 18.0 Å². The Balaban J connectivity index is 1.83. The molecule has 0 aromatic carbocycles. The van der Waals surface area contributed by atoms with Crippen LogP contribution >= 0.6 is 0 Å². The molecule has 1 aliphatic rings. The van der Waals surface area contributed by atoms with Crippen LogP contribution in [-0.4, -0.2) is 29.3 Å². The van der Waals surface area contributed by atoms with Crippen molar-refractivity contribution < 1.29 is 0 Å². The Bertz CT molecular complexity index is 366. The van der Waals surface area contributed by atoms with Gasteiger partial charge >= 0.3 is 0 Å². The van der Waals surface area contributed by atoms with E-state index in [4.69, 9.17) is 0 Å². The fraction of sp³-hybridized carbons (Fsp3) is 0.733. The minimum Gasteiger partial charge on any atom is -0.366 e. The van der Waals surface area contributed by atoms with Gasteiger partial charge in [0.05, 0.1) is 5.69 Å². The SMILES string of the molecule is CNC1CCC(Nc2ccc(CC(C)C)nn2)CC1. The molecule has 0 saturated heterocycles. The Morgan fingerprint density at radius 3 is 2.32 bits per heavy atom. The molecule has 4 nitrogen and oxygen atoms in total. The van der Waals surface area contributed by atoms with E-state index < -0.39 is 0 Å². The van der Waals surface area contributed by atoms with Gasteiger partial charge in [0, 0.05) is 12.1 Å². The standard InChI is InChI=1S/C15H26N4/c1-11(2)10-14-8-9-15(19-18-14)17-13-6-4-12(16-3)5-7-13/h8-9,11-13,16H,4-7,10H2,1-3H3,(H,17,19). The van der Waals surface area contributed by atoms with Crippen LogP contribution in [-0.2, 0) is 6.42 Å². The molecule has 0 aliphatic heterocycles. The van der Waals surface area contributed by atoms with Gasteiger partial charge in [0.2, 0.25) is 0 Å². The van der Waals surface area contributed by atoms with Crippen LogP contribution in [0, 0.1) is 5.92 Å². The van der Waals surface area contributed by atoms with E-state index in [0.717, 1.165) is 17.9 Å². The van der Waals surface area contributed by atoms with E-state index >= 15 is 0 Å². The fourth-order valence-corrected chi connectivity index (χ4v) is 2.70. The molecule has 1 saturated carbocycles. The highest BCUT2D eigenvalue weighted by molar-refractivity contribution is 5.34. The average molecular weight is 262 g/mol. The van der Waals surface area contributed by atoms with Gasteiger partial charge in [-0.05, 0) is 57.2 Å². The van der Waals surface area contributed by atoms with Gasteiger partial charge in [-0.3, -0.25) is 0 Å². The average Bonchev–Trinajstić information content (AvgIpc) is 2.41. The predicted molar refractivity (Wildman–Crippen MR) is 79.3 cm³/mol. The maximum Gasteiger partial charge on any atom is 0.148 e. The Kier molecular flexibility index (Phi) is 5.14. The van der Waals surface area contributed by atoms with E-state index in [-0.39, 0.29) is 0 Å². The molecule has 1 aliphatic carbocycles. The van der Waals surface area contributed by atoms with E-state index in [2.05, 4.69) is 53.9 Å². The van der Waals surface area contributed by atoms with Gasteiger partial charge in [0.15, 0.2) is 0 Å². The summed E-state index contributed by atoms with van der Waals surface area (Å²) >= 11 is 0. The molecule has 1 fully saturated rings. The second kappa shape index (κ2) is 6.85. The quantitative estimate of drug-likeness (QED) is 0.856. The first-order valence-corrected chi connectivity index (χ1v) is 7.43. The second-order valence-corrected chi connectivity index (χ2v) is 5.99. The number of anilines is 1. The van der Waals surface area contributed by atoms with Gasteiger partial charge in [0.1, 0.15) is 5.82 Å². The van der Waals surface area contributed by atoms with Crippen LogP contribution in [0.5, 0.6) is 0 Å². The molecular weight excluding hydrogens is 236 g/mol. The molecule has 0 amide bonds. The molecule has 1 aromatic heterocycles. The van der Waals surface area contributed by atoms with E-state index in [9.17, 15) is 0 Å². The summed E-state index contributed by atoms with van der Waals surface area (Å²) in [6, 6.07) is 5.40. The lowest BCUT2D eigenvalue weighted by molar-refractivity contribution is 0.371. The minimum atomic E-state index is 0.551. The van der Waals surface area contributed by atoms with E-state index in [1.54, 1.807) is 0 Å². The summed E-state index contributed by atoms with van der Waals surface area (Å²) in [5.41, 5.74) is 1.08. The van der Waals surface area contributed by atoms with E-state index in [1.807, 2.05) is 0 Å². The zero-order chi connectivity index (χ0) is 13.7. The van der Waals surface area contributed by atoms with Crippen molar-refractivity contribution in [3.63, 3.8) is 0 Å². The third kappa shape index (κ3) is 4.46. The van der Waals surface area contributed by atoms with Crippen LogP contribution in [0.2, 0.25) is 0 Å². The molecule has 2 rings (SSSR count). The van der Waals surface area contributed by atoms with Crippen LogP contribution in [0.25, 0.3) is 0 Å². The highest BCUT2D eigenvalue weighted by Gasteiger charge is 2.19. The normalized spacial score (nSPS) is 23.6. The Morgan fingerprint density at radius 2 is 1.79 bits per heavy atom. The lowest BCUT2D eigenvalue weighted by Crippen LogP contribution is -2.35. The number of rotatable bonds is 5. The van der Waals surface area contributed by atoms with Gasteiger partial charge in [-0.15, -0.1) is 5.10 Å². The van der Waals surface area contributed by atoms with Crippen LogP contribution < -0.4 is 10.6 Å². The molecule has 4 heteroatoms. The smallest absolute Gasteiger partial charge is 0.148 e. The van der Waals surface area contributed by atoms with Gasteiger partial charge < -0.3 is 10.6 Å². The van der Waals surface area contributed by atoms with Crippen molar-refractivity contribution in [2.24, 2.45) is 5.92 Å². The van der Waals surface area contributed by atoms with Crippen LogP contribution in [0.1, 0.15) is 45.2 Å². The summed E-state index contributed by atoms with van der Waals surface area (Å²) in [6.45, 7) is 4.40. The van der Waals surface area contributed by atoms with Crippen molar-refractivity contribution in [1.82, 2.24) is 15.5 Å². The molecule has 19 heavy (non-hydrogen) atoms. The highest BCUT2D eigenvalue weighted by Crippen LogP contribution is 2.21. The third-order valence-corrected chi connectivity index (χ3v) is 3.82. The number of hydrogen-bond acceptors (Lipinski definition) is 4. The minimum absolute atomic E-state index is 0.551. The molecule has 0 bridgehead atoms. The molecule has 1 aromatic rings. The van der Waals surface area contributed by atoms with Gasteiger partial charge in [0.25, 0.3) is 0 Å². The lowest BCUT2D eigenvalue weighted by atomic mass is 9.91. The molecular formula is C15H26N4. The second-order valence-electron chi connectivity index (χ2n) is 5.99. The van der Waals surface area contributed by atoms with E-state index in [1.165, 1.54) is 25.7 Å². The highest BCUT2D eigenvalue weighted by atomic mass is 15.2. The summed E-state index contributed by atoms with van der Waals surface area (Å²) < 4.78 is 0. The van der Waals surface area contributed by atoms with Crippen molar-refractivity contribution >= 4 is 5.82 Å². The lowest BCUT2D eigenvalue weighted by Gasteiger charge is -2.29. The van der Waals surface area contributed by atoms with Crippen LogP contribution in [0.4, 0.5) is 5.82 Å². The van der Waals surface area contributed by atoms with Crippen molar-refractivity contribution in [1.29, 1.82) is 0 Å². The summed E-state index contributed by atoms with van der Waals surface area (Å²) in [6.07, 6.45) is 5.91. The zero-order valence-electron chi connectivity index (χ0n) is 12.3. The topological polar surface area (TPSA) is 49.8 Å². The summed E-state index contributed by atoms with van der Waals surface area (Å²) in [5, 5.41) is 15.4. The first-order valence-electron chi connectivity index (χ1n) is 7.43. The third-order valence-electron chi connectivity index (χ3n) is 3.82. The van der Waals surface area contributed by atoms with Crippen molar-refractivity contribution in [2.75, 3.05) is 12.4 Å². The van der Waals surface area contributed by atoms with Crippen molar-refractivity contribution in [3.05, 3.63) is 17.8 Å². The zero-order valence-corrected chi connectivity index (χ0v) is 12.3. The number of nitrogens with one attached hydrogen (secondary N) is 2. The Labute approximate surface area is 116 Å². The number of hydrogen-bond donors (Lipinski definition) is 2. The van der Waals surface area contributed by atoms with Crippen molar-refractivity contribution in [3.8, 4) is 0 Å². The Hall–Kier alpha value is -1.16. The molecule has 0 atom stereocenters. The van der Waals surface area contributed by atoms with Gasteiger partial charge in [-0.2, -0.15) is 5.10 Å². The molecule has 0 spiro atoms. The monoisotopic (exact) mass is 262 g/mol. The largest absolute Gasteiger partial charge is 0.366 e. The maximum atomic E-state index is 4.29. The Morgan fingerprint density at radius 1 is 1.11 bits per heavy atom. The maximum absolute atomic E-state index is 4.29. The number of nitrogens with zero attached hydrogens (tertiary/aromatic N) is 2. The molecule has 1 heterocycles. The summed E-state index contributed by atoms with van der Waals surface area (Å²) in [5.74, 6) is 1.55. The summed E-state index contributed by atoms with van der Waals surface area (Å²) in [7, 11) is 2.05. The molecule has 2 N–H and O–H groups in total. The van der Waals surface area contributed by atoms with Crippen LogP contribution in [0.3, 0.4) is 0 Å². The predicted octanol–water partition coefficient (Wildman–Crippen LogP) is 2.62.